The average molecular weight is 247 g/mol. The minimum atomic E-state index is -0.0145. The Morgan fingerprint density at radius 2 is 2.06 bits per heavy atom. The van der Waals surface area contributed by atoms with E-state index in [0.717, 1.165) is 30.8 Å². The van der Waals surface area contributed by atoms with Crippen molar-refractivity contribution < 1.29 is 9.53 Å². The Hall–Kier alpha value is -1.77. The second kappa shape index (κ2) is 8.34. The lowest BCUT2D eigenvalue weighted by Gasteiger charge is -2.05. The highest BCUT2D eigenvalue weighted by Crippen LogP contribution is 2.13. The Kier molecular flexibility index (Phi) is 6.62. The van der Waals surface area contributed by atoms with Crippen molar-refractivity contribution >= 4 is 12.0 Å². The number of benzene rings is 1. The molecule has 0 fully saturated rings. The number of unbranched alkanes of at least 4 members (excludes halogenated alkanes) is 1. The first-order chi connectivity index (χ1) is 8.72. The zero-order chi connectivity index (χ0) is 13.2. The molecular weight excluding hydrogens is 226 g/mol. The minimum Gasteiger partial charge on any atom is -0.494 e. The standard InChI is InChI=1S/C15H21NO2/c1-3-4-12-18-15-9-7-14(8-10-15)6-5-11-16-13(2)17/h5-10H,3-4,11-12H2,1-2H3,(H,16,17). The molecule has 98 valence electrons. The minimum absolute atomic E-state index is 0.0145. The van der Waals surface area contributed by atoms with Crippen LogP contribution in [-0.2, 0) is 4.79 Å². The lowest BCUT2D eigenvalue weighted by atomic mass is 10.2. The summed E-state index contributed by atoms with van der Waals surface area (Å²) in [5.74, 6) is 0.891. The summed E-state index contributed by atoms with van der Waals surface area (Å²) in [4.78, 5) is 10.7. The first kappa shape index (κ1) is 14.3. The first-order valence-corrected chi connectivity index (χ1v) is 6.36. The van der Waals surface area contributed by atoms with Crippen molar-refractivity contribution in [1.29, 1.82) is 0 Å². The van der Waals surface area contributed by atoms with Crippen LogP contribution in [0.1, 0.15) is 32.3 Å². The molecule has 0 aliphatic rings. The van der Waals surface area contributed by atoms with Gasteiger partial charge in [-0.25, -0.2) is 0 Å². The van der Waals surface area contributed by atoms with E-state index in [4.69, 9.17) is 4.74 Å². The smallest absolute Gasteiger partial charge is 0.217 e. The molecule has 1 aromatic rings. The summed E-state index contributed by atoms with van der Waals surface area (Å²) in [6.07, 6.45) is 6.13. The van der Waals surface area contributed by atoms with Crippen molar-refractivity contribution in [2.24, 2.45) is 0 Å². The van der Waals surface area contributed by atoms with Crippen molar-refractivity contribution in [3.05, 3.63) is 35.9 Å². The molecule has 0 saturated carbocycles. The Morgan fingerprint density at radius 3 is 2.67 bits per heavy atom. The third-order valence-corrected chi connectivity index (χ3v) is 2.43. The van der Waals surface area contributed by atoms with Gasteiger partial charge in [0.15, 0.2) is 0 Å². The molecule has 1 N–H and O–H groups in total. The molecule has 0 saturated heterocycles. The van der Waals surface area contributed by atoms with E-state index in [2.05, 4.69) is 12.2 Å². The largest absolute Gasteiger partial charge is 0.494 e. The quantitative estimate of drug-likeness (QED) is 0.752. The molecule has 1 aromatic carbocycles. The second-order valence-electron chi connectivity index (χ2n) is 4.11. The number of ether oxygens (including phenoxy) is 1. The van der Waals surface area contributed by atoms with Gasteiger partial charge >= 0.3 is 0 Å². The number of nitrogens with one attached hydrogen (secondary N) is 1. The fourth-order valence-corrected chi connectivity index (χ4v) is 1.41. The van der Waals surface area contributed by atoms with Crippen LogP contribution >= 0.6 is 0 Å². The van der Waals surface area contributed by atoms with E-state index in [1.54, 1.807) is 0 Å². The van der Waals surface area contributed by atoms with Crippen LogP contribution in [0.5, 0.6) is 5.75 Å². The molecule has 0 radical (unpaired) electrons. The maximum atomic E-state index is 10.7. The zero-order valence-electron chi connectivity index (χ0n) is 11.1. The molecule has 3 nitrogen and oxygen atoms in total. The molecule has 0 aliphatic heterocycles. The molecule has 18 heavy (non-hydrogen) atoms. The molecule has 0 aliphatic carbocycles. The van der Waals surface area contributed by atoms with Gasteiger partial charge in [-0.1, -0.05) is 37.6 Å². The number of amides is 1. The average Bonchev–Trinajstić information content (AvgIpc) is 2.36. The van der Waals surface area contributed by atoms with Gasteiger partial charge in [0.05, 0.1) is 6.61 Å². The highest BCUT2D eigenvalue weighted by molar-refractivity contribution is 5.73. The van der Waals surface area contributed by atoms with Crippen LogP contribution in [0.2, 0.25) is 0 Å². The van der Waals surface area contributed by atoms with Crippen molar-refractivity contribution in [3.63, 3.8) is 0 Å². The number of hydrogen-bond donors (Lipinski definition) is 1. The van der Waals surface area contributed by atoms with Gasteiger partial charge in [-0.05, 0) is 24.1 Å². The van der Waals surface area contributed by atoms with Crippen LogP contribution in [0.4, 0.5) is 0 Å². The van der Waals surface area contributed by atoms with E-state index < -0.39 is 0 Å². The highest BCUT2D eigenvalue weighted by atomic mass is 16.5. The van der Waals surface area contributed by atoms with Gasteiger partial charge in [0.1, 0.15) is 5.75 Å². The van der Waals surface area contributed by atoms with Gasteiger partial charge in [0.25, 0.3) is 0 Å². The van der Waals surface area contributed by atoms with E-state index in [0.29, 0.717) is 6.54 Å². The van der Waals surface area contributed by atoms with Gasteiger partial charge in [-0.3, -0.25) is 4.79 Å². The van der Waals surface area contributed by atoms with Gasteiger partial charge < -0.3 is 10.1 Å². The highest BCUT2D eigenvalue weighted by Gasteiger charge is 1.93. The molecular formula is C15H21NO2. The second-order valence-corrected chi connectivity index (χ2v) is 4.11. The van der Waals surface area contributed by atoms with Crippen LogP contribution in [0.3, 0.4) is 0 Å². The Labute approximate surface area is 109 Å². The fraction of sp³-hybridized carbons (Fsp3) is 0.400. The molecule has 1 rings (SSSR count). The molecule has 0 unspecified atom stereocenters. The van der Waals surface area contributed by atoms with Crippen LogP contribution in [0.25, 0.3) is 6.08 Å². The summed E-state index contributed by atoms with van der Waals surface area (Å²) < 4.78 is 5.58. The summed E-state index contributed by atoms with van der Waals surface area (Å²) in [6.45, 7) is 4.99. The summed E-state index contributed by atoms with van der Waals surface area (Å²) >= 11 is 0. The topological polar surface area (TPSA) is 38.3 Å². The van der Waals surface area contributed by atoms with Crippen molar-refractivity contribution in [2.75, 3.05) is 13.2 Å². The molecule has 3 heteroatoms. The van der Waals surface area contributed by atoms with Crippen LogP contribution in [-0.4, -0.2) is 19.1 Å². The van der Waals surface area contributed by atoms with Gasteiger partial charge in [-0.15, -0.1) is 0 Å². The summed E-state index contributed by atoms with van der Waals surface area (Å²) in [5, 5.41) is 2.71. The van der Waals surface area contributed by atoms with Gasteiger partial charge in [-0.2, -0.15) is 0 Å². The predicted octanol–water partition coefficient (Wildman–Crippen LogP) is 3.01. The Balaban J connectivity index is 2.37. The fourth-order valence-electron chi connectivity index (χ4n) is 1.41. The molecule has 0 bridgehead atoms. The lowest BCUT2D eigenvalue weighted by molar-refractivity contribution is -0.118. The van der Waals surface area contributed by atoms with Crippen LogP contribution < -0.4 is 10.1 Å². The van der Waals surface area contributed by atoms with Crippen molar-refractivity contribution in [3.8, 4) is 5.75 Å². The lowest BCUT2D eigenvalue weighted by Crippen LogP contribution is -2.19. The number of hydrogen-bond acceptors (Lipinski definition) is 2. The molecule has 0 aromatic heterocycles. The monoisotopic (exact) mass is 247 g/mol. The van der Waals surface area contributed by atoms with Crippen molar-refractivity contribution in [2.45, 2.75) is 26.7 Å². The molecule has 0 spiro atoms. The third kappa shape index (κ3) is 6.09. The molecule has 1 amide bonds. The maximum absolute atomic E-state index is 10.7. The molecule has 0 atom stereocenters. The van der Waals surface area contributed by atoms with E-state index >= 15 is 0 Å². The summed E-state index contributed by atoms with van der Waals surface area (Å²) in [7, 11) is 0. The number of rotatable bonds is 7. The maximum Gasteiger partial charge on any atom is 0.217 e. The van der Waals surface area contributed by atoms with Crippen LogP contribution in [0, 0.1) is 0 Å². The number of carbonyl (C=O) groups excluding carboxylic acids is 1. The predicted molar refractivity (Wildman–Crippen MR) is 74.6 cm³/mol. The van der Waals surface area contributed by atoms with E-state index in [1.807, 2.05) is 36.4 Å². The Morgan fingerprint density at radius 1 is 1.33 bits per heavy atom. The van der Waals surface area contributed by atoms with Gasteiger partial charge in [0, 0.05) is 13.5 Å². The van der Waals surface area contributed by atoms with Gasteiger partial charge in [0.2, 0.25) is 5.91 Å². The van der Waals surface area contributed by atoms with E-state index in [1.165, 1.54) is 6.92 Å². The summed E-state index contributed by atoms with van der Waals surface area (Å²) in [5.41, 5.74) is 1.10. The van der Waals surface area contributed by atoms with E-state index in [9.17, 15) is 4.79 Å². The molecule has 0 heterocycles. The normalized spacial score (nSPS) is 10.6. The summed E-state index contributed by atoms with van der Waals surface area (Å²) in [6, 6.07) is 7.94. The SMILES string of the molecule is CCCCOc1ccc(C=CCNC(C)=O)cc1. The Bertz CT molecular complexity index is 382. The zero-order valence-corrected chi connectivity index (χ0v) is 11.1. The van der Waals surface area contributed by atoms with Crippen LogP contribution in [0.15, 0.2) is 30.3 Å². The van der Waals surface area contributed by atoms with E-state index in [-0.39, 0.29) is 5.91 Å². The first-order valence-electron chi connectivity index (χ1n) is 6.36. The van der Waals surface area contributed by atoms with Crippen molar-refractivity contribution in [1.82, 2.24) is 5.32 Å². The third-order valence-electron chi connectivity index (χ3n) is 2.43. The number of carbonyl (C=O) groups is 1.